The second-order valence-corrected chi connectivity index (χ2v) is 5.95. The van der Waals surface area contributed by atoms with E-state index >= 15 is 0 Å². The molecule has 1 aliphatic heterocycles. The van der Waals surface area contributed by atoms with Crippen LogP contribution in [0.5, 0.6) is 0 Å². The standard InChI is InChI=1S/C13H22N2O2S/c1-9-5-6-10(17-9)11(16)15-13(12(14)18)7-3-2-4-8-13/h9-10H,2-8H2,1H3,(H2,14,18)(H,15,16). The third-order valence-electron chi connectivity index (χ3n) is 4.07. The maximum atomic E-state index is 12.2. The van der Waals surface area contributed by atoms with E-state index in [1.807, 2.05) is 6.92 Å². The Morgan fingerprint density at radius 1 is 1.33 bits per heavy atom. The molecule has 4 nitrogen and oxygen atoms in total. The van der Waals surface area contributed by atoms with Crippen LogP contribution in [0, 0.1) is 0 Å². The maximum Gasteiger partial charge on any atom is 0.249 e. The molecule has 2 fully saturated rings. The lowest BCUT2D eigenvalue weighted by molar-refractivity contribution is -0.133. The van der Waals surface area contributed by atoms with Gasteiger partial charge in [0.2, 0.25) is 5.91 Å². The van der Waals surface area contributed by atoms with Crippen LogP contribution < -0.4 is 11.1 Å². The van der Waals surface area contributed by atoms with Gasteiger partial charge in [-0.1, -0.05) is 31.5 Å². The molecule has 1 saturated carbocycles. The van der Waals surface area contributed by atoms with Crippen molar-refractivity contribution in [2.45, 2.75) is 69.6 Å². The van der Waals surface area contributed by atoms with E-state index < -0.39 is 5.54 Å². The molecule has 2 rings (SSSR count). The van der Waals surface area contributed by atoms with Gasteiger partial charge in [0, 0.05) is 0 Å². The summed E-state index contributed by atoms with van der Waals surface area (Å²) in [6.07, 6.45) is 6.63. The Labute approximate surface area is 114 Å². The molecule has 0 bridgehead atoms. The number of rotatable bonds is 3. The van der Waals surface area contributed by atoms with Crippen molar-refractivity contribution in [1.29, 1.82) is 0 Å². The minimum Gasteiger partial charge on any atom is -0.391 e. The number of carbonyl (C=O) groups excluding carboxylic acids is 1. The first-order valence-electron chi connectivity index (χ1n) is 6.81. The lowest BCUT2D eigenvalue weighted by Gasteiger charge is -2.37. The Morgan fingerprint density at radius 3 is 2.50 bits per heavy atom. The molecule has 102 valence electrons. The maximum absolute atomic E-state index is 12.2. The Kier molecular flexibility index (Phi) is 4.22. The smallest absolute Gasteiger partial charge is 0.249 e. The molecular weight excluding hydrogens is 248 g/mol. The van der Waals surface area contributed by atoms with Crippen molar-refractivity contribution in [3.63, 3.8) is 0 Å². The molecule has 1 saturated heterocycles. The van der Waals surface area contributed by atoms with Crippen molar-refractivity contribution in [3.05, 3.63) is 0 Å². The number of carbonyl (C=O) groups is 1. The molecule has 0 aromatic heterocycles. The Morgan fingerprint density at radius 2 is 2.00 bits per heavy atom. The van der Waals surface area contributed by atoms with Crippen LogP contribution in [0.15, 0.2) is 0 Å². The highest BCUT2D eigenvalue weighted by molar-refractivity contribution is 7.80. The average Bonchev–Trinajstić information content (AvgIpc) is 2.77. The van der Waals surface area contributed by atoms with E-state index in [-0.39, 0.29) is 18.1 Å². The SMILES string of the molecule is CC1CCC(C(=O)NC2(C(N)=S)CCCCC2)O1. The molecule has 0 radical (unpaired) electrons. The van der Waals surface area contributed by atoms with Gasteiger partial charge in [-0.25, -0.2) is 0 Å². The summed E-state index contributed by atoms with van der Waals surface area (Å²) < 4.78 is 5.59. The summed E-state index contributed by atoms with van der Waals surface area (Å²) in [5.74, 6) is -0.0472. The minimum absolute atomic E-state index is 0.0472. The largest absolute Gasteiger partial charge is 0.391 e. The van der Waals surface area contributed by atoms with Gasteiger partial charge < -0.3 is 15.8 Å². The monoisotopic (exact) mass is 270 g/mol. The zero-order valence-electron chi connectivity index (χ0n) is 10.9. The number of thiocarbonyl (C=S) groups is 1. The van der Waals surface area contributed by atoms with E-state index in [9.17, 15) is 4.79 Å². The molecule has 2 atom stereocenters. The quantitative estimate of drug-likeness (QED) is 0.766. The summed E-state index contributed by atoms with van der Waals surface area (Å²) in [5.41, 5.74) is 5.38. The molecule has 1 heterocycles. The Balaban J connectivity index is 2.00. The zero-order valence-corrected chi connectivity index (χ0v) is 11.7. The van der Waals surface area contributed by atoms with Crippen LogP contribution >= 0.6 is 12.2 Å². The third-order valence-corrected chi connectivity index (χ3v) is 4.46. The fourth-order valence-electron chi connectivity index (χ4n) is 2.90. The number of nitrogens with two attached hydrogens (primary N) is 1. The number of nitrogens with one attached hydrogen (secondary N) is 1. The second kappa shape index (κ2) is 5.53. The first-order chi connectivity index (χ1) is 8.53. The minimum atomic E-state index is -0.472. The summed E-state index contributed by atoms with van der Waals surface area (Å²) in [6, 6.07) is 0. The summed E-state index contributed by atoms with van der Waals surface area (Å²) in [5, 5.41) is 3.06. The van der Waals surface area contributed by atoms with Gasteiger partial charge in [-0.2, -0.15) is 0 Å². The van der Waals surface area contributed by atoms with Crippen LogP contribution in [-0.4, -0.2) is 28.6 Å². The van der Waals surface area contributed by atoms with Gasteiger partial charge >= 0.3 is 0 Å². The zero-order chi connectivity index (χ0) is 13.2. The van der Waals surface area contributed by atoms with Crippen LogP contribution in [0.2, 0.25) is 0 Å². The van der Waals surface area contributed by atoms with Crippen LogP contribution in [-0.2, 0) is 9.53 Å². The Bertz CT molecular complexity index is 340. The molecule has 5 heteroatoms. The molecule has 0 aromatic rings. The fraction of sp³-hybridized carbons (Fsp3) is 0.846. The highest BCUT2D eigenvalue weighted by Crippen LogP contribution is 2.29. The predicted octanol–water partition coefficient (Wildman–Crippen LogP) is 1.66. The van der Waals surface area contributed by atoms with Crippen molar-refractivity contribution in [2.24, 2.45) is 5.73 Å². The summed E-state index contributed by atoms with van der Waals surface area (Å²) in [7, 11) is 0. The molecule has 1 amide bonds. The van der Waals surface area contributed by atoms with E-state index in [1.165, 1.54) is 6.42 Å². The summed E-state index contributed by atoms with van der Waals surface area (Å²) in [6.45, 7) is 2.00. The van der Waals surface area contributed by atoms with Gasteiger partial charge in [-0.15, -0.1) is 0 Å². The summed E-state index contributed by atoms with van der Waals surface area (Å²) in [4.78, 5) is 12.6. The van der Waals surface area contributed by atoms with E-state index in [4.69, 9.17) is 22.7 Å². The van der Waals surface area contributed by atoms with Crippen molar-refractivity contribution >= 4 is 23.1 Å². The lowest BCUT2D eigenvalue weighted by atomic mass is 9.81. The van der Waals surface area contributed by atoms with E-state index in [0.717, 1.165) is 38.5 Å². The van der Waals surface area contributed by atoms with E-state index in [1.54, 1.807) is 0 Å². The molecular formula is C13H22N2O2S. The molecule has 2 aliphatic rings. The van der Waals surface area contributed by atoms with Gasteiger partial charge in [-0.05, 0) is 32.6 Å². The highest BCUT2D eigenvalue weighted by atomic mass is 32.1. The van der Waals surface area contributed by atoms with E-state index in [0.29, 0.717) is 4.99 Å². The molecule has 1 aliphatic carbocycles. The van der Waals surface area contributed by atoms with Crippen molar-refractivity contribution in [3.8, 4) is 0 Å². The van der Waals surface area contributed by atoms with Gasteiger partial charge in [-0.3, -0.25) is 4.79 Å². The molecule has 3 N–H and O–H groups in total. The molecule has 0 spiro atoms. The fourth-order valence-corrected chi connectivity index (χ4v) is 3.16. The second-order valence-electron chi connectivity index (χ2n) is 5.51. The number of amides is 1. The number of hydrogen-bond donors (Lipinski definition) is 2. The number of hydrogen-bond acceptors (Lipinski definition) is 3. The van der Waals surface area contributed by atoms with Crippen molar-refractivity contribution in [2.75, 3.05) is 0 Å². The predicted molar refractivity (Wildman–Crippen MR) is 74.3 cm³/mol. The highest BCUT2D eigenvalue weighted by Gasteiger charge is 2.39. The van der Waals surface area contributed by atoms with E-state index in [2.05, 4.69) is 5.32 Å². The third kappa shape index (κ3) is 2.83. The topological polar surface area (TPSA) is 64.4 Å². The molecule has 0 aromatic carbocycles. The Hall–Kier alpha value is -0.680. The first-order valence-corrected chi connectivity index (χ1v) is 7.22. The average molecular weight is 270 g/mol. The van der Waals surface area contributed by atoms with Gasteiger partial charge in [0.1, 0.15) is 6.10 Å². The van der Waals surface area contributed by atoms with Gasteiger partial charge in [0.15, 0.2) is 0 Å². The van der Waals surface area contributed by atoms with Gasteiger partial charge in [0.25, 0.3) is 0 Å². The van der Waals surface area contributed by atoms with Crippen LogP contribution in [0.25, 0.3) is 0 Å². The van der Waals surface area contributed by atoms with Crippen LogP contribution in [0.1, 0.15) is 51.9 Å². The van der Waals surface area contributed by atoms with Gasteiger partial charge in [0.05, 0.1) is 16.6 Å². The molecule has 18 heavy (non-hydrogen) atoms. The lowest BCUT2D eigenvalue weighted by Crippen LogP contribution is -2.59. The van der Waals surface area contributed by atoms with Crippen LogP contribution in [0.4, 0.5) is 0 Å². The van der Waals surface area contributed by atoms with Crippen LogP contribution in [0.3, 0.4) is 0 Å². The summed E-state index contributed by atoms with van der Waals surface area (Å²) >= 11 is 5.17. The van der Waals surface area contributed by atoms with Crippen molar-refractivity contribution < 1.29 is 9.53 Å². The normalized spacial score (nSPS) is 30.9. The number of ether oxygens (including phenoxy) is 1. The first kappa shape index (κ1) is 13.7. The molecule has 2 unspecified atom stereocenters. The van der Waals surface area contributed by atoms with Crippen molar-refractivity contribution in [1.82, 2.24) is 5.32 Å².